The summed E-state index contributed by atoms with van der Waals surface area (Å²) >= 11 is 0. The molecule has 0 N–H and O–H groups in total. The topological polar surface area (TPSA) is 46.6 Å². The van der Waals surface area contributed by atoms with Crippen molar-refractivity contribution in [2.24, 2.45) is 0 Å². The molecule has 514 valence electrons. The number of alkyl halides is 12. The van der Waals surface area contributed by atoms with Crippen LogP contribution in [0.25, 0.3) is 4.85 Å². The number of aryl methyl sites for hydroxylation is 10. The lowest BCUT2D eigenvalue weighted by atomic mass is 9.99. The predicted octanol–water partition coefficient (Wildman–Crippen LogP) is 23.9. The first-order chi connectivity index (χ1) is 43.5. The molecule has 0 fully saturated rings. The number of hydrogen-bond acceptors (Lipinski definition) is 3. The average molecular weight is 1360 g/mol. The number of ether oxygens (including phenoxy) is 2. The van der Waals surface area contributed by atoms with Gasteiger partial charge < -0.3 is 9.47 Å². The van der Waals surface area contributed by atoms with E-state index in [4.69, 9.17) is 21.3 Å². The maximum atomic E-state index is 12.6. The summed E-state index contributed by atoms with van der Waals surface area (Å²) in [6.07, 6.45) is -18.0. The molecule has 0 saturated carbocycles. The zero-order valence-corrected chi connectivity index (χ0v) is 55.2. The van der Waals surface area contributed by atoms with E-state index in [1.165, 1.54) is 69.2 Å². The van der Waals surface area contributed by atoms with E-state index in [0.717, 1.165) is 76.6 Å². The van der Waals surface area contributed by atoms with Crippen LogP contribution in [0.1, 0.15) is 117 Å². The second-order valence-electron chi connectivity index (χ2n) is 21.5. The Balaban J connectivity index is 0.000000545. The molecule has 0 aliphatic carbocycles. The fourth-order valence-corrected chi connectivity index (χ4v) is 7.76. The van der Waals surface area contributed by atoms with Crippen LogP contribution >= 0.6 is 0 Å². The van der Waals surface area contributed by atoms with Crippen LogP contribution in [0.2, 0.25) is 0 Å². The lowest BCUT2D eigenvalue weighted by Gasteiger charge is -2.16. The second-order valence-corrected chi connectivity index (χ2v) is 21.5. The third-order valence-electron chi connectivity index (χ3n) is 14.8. The monoisotopic (exact) mass is 1360 g/mol. The van der Waals surface area contributed by atoms with Crippen molar-refractivity contribution in [3.8, 4) is 17.6 Å². The highest BCUT2D eigenvalue weighted by Crippen LogP contribution is 2.39. The molecule has 0 spiro atoms. The molecule has 0 heterocycles. The maximum Gasteiger partial charge on any atom is 0.416 e. The van der Waals surface area contributed by atoms with Crippen LogP contribution in [-0.4, -0.2) is 14.2 Å². The molecule has 95 heavy (non-hydrogen) atoms. The molecule has 0 aliphatic rings. The molecule has 0 saturated heterocycles. The zero-order chi connectivity index (χ0) is 73.7. The van der Waals surface area contributed by atoms with Crippen molar-refractivity contribution in [2.45, 2.75) is 135 Å². The first kappa shape index (κ1) is 84.0. The molecular formula is C72H71F19N2O2. The SMILES string of the molecule is COc1cc(C)c(C)c(OC)c1.Cc1cc(C(F)(F)F)cc(C(F)(F)F)c1C.Cc1cc(F)c(F)c(F)c1C.Cc1cc(F)c(F)cc1C.Cc1cc(F)cc(F)c1C.Cc1ccc(C(F)(F)F)cc1C.Cc1cccc(C(F)(F)F)c1C.[C-]#[N+]c1cc(C#N)cc(C)c1C. The molecule has 0 bridgehead atoms. The average Bonchev–Trinajstić information content (AvgIpc) is 0.804. The molecular weight excluding hydrogens is 1290 g/mol. The smallest absolute Gasteiger partial charge is 0.416 e. The van der Waals surface area contributed by atoms with E-state index in [2.05, 4.69) is 4.85 Å². The van der Waals surface area contributed by atoms with Crippen LogP contribution in [0.15, 0.2) is 103 Å². The van der Waals surface area contributed by atoms with Crippen molar-refractivity contribution in [2.75, 3.05) is 14.2 Å². The van der Waals surface area contributed by atoms with Gasteiger partial charge in [0.25, 0.3) is 0 Å². The van der Waals surface area contributed by atoms with Crippen LogP contribution in [0.3, 0.4) is 0 Å². The minimum atomic E-state index is -4.77. The molecule has 0 radical (unpaired) electrons. The number of benzene rings is 8. The van der Waals surface area contributed by atoms with Crippen LogP contribution in [0, 0.1) is 169 Å². The maximum absolute atomic E-state index is 12.6. The Morgan fingerprint density at radius 3 is 1.25 bits per heavy atom. The Labute approximate surface area is 541 Å². The van der Waals surface area contributed by atoms with Crippen molar-refractivity contribution < 1.29 is 92.9 Å². The van der Waals surface area contributed by atoms with E-state index >= 15 is 0 Å². The van der Waals surface area contributed by atoms with E-state index in [1.807, 2.05) is 45.9 Å². The molecule has 8 aromatic carbocycles. The van der Waals surface area contributed by atoms with Gasteiger partial charge in [0.2, 0.25) is 0 Å². The van der Waals surface area contributed by atoms with Gasteiger partial charge in [-0.2, -0.15) is 57.9 Å². The fourth-order valence-electron chi connectivity index (χ4n) is 7.76. The Kier molecular flexibility index (Phi) is 31.9. The molecule has 8 rings (SSSR count). The summed E-state index contributed by atoms with van der Waals surface area (Å²) in [5.41, 5.74) is 7.44. The van der Waals surface area contributed by atoms with Gasteiger partial charge in [-0.05, 0) is 267 Å². The summed E-state index contributed by atoms with van der Waals surface area (Å²) in [4.78, 5) is 3.34. The van der Waals surface area contributed by atoms with Crippen molar-refractivity contribution >= 4 is 5.69 Å². The number of rotatable bonds is 2. The normalized spacial score (nSPS) is 10.8. The Morgan fingerprint density at radius 2 is 0.811 bits per heavy atom. The number of nitrogens with zero attached hydrogens (tertiary/aromatic N) is 2. The van der Waals surface area contributed by atoms with Gasteiger partial charge in [-0.1, -0.05) is 23.8 Å². The van der Waals surface area contributed by atoms with Gasteiger partial charge in [0, 0.05) is 17.7 Å². The van der Waals surface area contributed by atoms with Gasteiger partial charge in [0.15, 0.2) is 34.8 Å². The summed E-state index contributed by atoms with van der Waals surface area (Å²) in [5.74, 6) is -4.44. The Morgan fingerprint density at radius 1 is 0.358 bits per heavy atom. The van der Waals surface area contributed by atoms with Crippen LogP contribution < -0.4 is 9.47 Å². The number of methoxy groups -OCH3 is 2. The van der Waals surface area contributed by atoms with Crippen LogP contribution in [0.5, 0.6) is 11.5 Å². The molecule has 0 amide bonds. The lowest BCUT2D eigenvalue weighted by Crippen LogP contribution is -2.13. The minimum Gasteiger partial charge on any atom is -0.497 e. The van der Waals surface area contributed by atoms with Gasteiger partial charge >= 0.3 is 24.7 Å². The Hall–Kier alpha value is -8.99. The first-order valence-corrected chi connectivity index (χ1v) is 28.1. The molecule has 23 heteroatoms. The highest BCUT2D eigenvalue weighted by atomic mass is 19.4. The van der Waals surface area contributed by atoms with Gasteiger partial charge in [0.1, 0.15) is 23.1 Å². The third kappa shape index (κ3) is 26.0. The molecule has 0 unspecified atom stereocenters. The zero-order valence-electron chi connectivity index (χ0n) is 55.2. The largest absolute Gasteiger partial charge is 0.497 e. The van der Waals surface area contributed by atoms with E-state index in [-0.39, 0.29) is 22.8 Å². The summed E-state index contributed by atoms with van der Waals surface area (Å²) < 4.78 is 245. The van der Waals surface area contributed by atoms with Gasteiger partial charge in [-0.15, -0.1) is 0 Å². The van der Waals surface area contributed by atoms with E-state index in [1.54, 1.807) is 80.9 Å². The minimum absolute atomic E-state index is 0.0258. The Bertz CT molecular complexity index is 3900. The summed E-state index contributed by atoms with van der Waals surface area (Å²) in [6, 6.07) is 23.7. The van der Waals surface area contributed by atoms with Crippen molar-refractivity contribution in [3.63, 3.8) is 0 Å². The number of hydrogen-bond donors (Lipinski definition) is 0. The summed E-state index contributed by atoms with van der Waals surface area (Å²) in [5, 5.41) is 8.62. The van der Waals surface area contributed by atoms with E-state index in [9.17, 15) is 83.4 Å². The number of nitriles is 1. The summed E-state index contributed by atoms with van der Waals surface area (Å²) in [7, 11) is 3.32. The van der Waals surface area contributed by atoms with Gasteiger partial charge in [0.05, 0.1) is 49.1 Å². The van der Waals surface area contributed by atoms with E-state index < -0.39 is 87.7 Å². The third-order valence-corrected chi connectivity index (χ3v) is 14.8. The predicted molar refractivity (Wildman–Crippen MR) is 331 cm³/mol. The summed E-state index contributed by atoms with van der Waals surface area (Å²) in [6.45, 7) is 33.5. The van der Waals surface area contributed by atoms with Crippen LogP contribution in [-0.2, 0) is 24.7 Å². The standard InChI is InChI=1S/C10H8F6.C10H8N2.C10H14O2.2C9H9F3.C8H7F3.2C8H8F2/c1-5-3-7(9(11,12)13)4-8(6(5)2)10(14,15)16;1-7-4-9(6-11)5-10(12-3)8(7)2;1-7-5-9(11-3)6-10(12-4)8(7)2;1-6-3-4-8(5-7(6)2)9(10,11)12;1-6-4-3-5-8(7(6)2)9(10,11)12;1-4-3-6(9)8(11)7(10)5(4)2;1-5-3-7(9)4-8(10)6(5)2;1-5-3-7(9)8(10)4-6(5)2/h3-4H,1-2H3;4-5H,1-2H3;5-6H,1-4H3;2*3-5H,1-2H3;3H,1-2H3;2*3-4H,1-2H3. The molecule has 0 atom stereocenters. The van der Waals surface area contributed by atoms with Crippen molar-refractivity contribution in [1.29, 1.82) is 5.26 Å². The van der Waals surface area contributed by atoms with Gasteiger partial charge in [-0.25, -0.2) is 35.6 Å². The van der Waals surface area contributed by atoms with Crippen molar-refractivity contribution in [1.82, 2.24) is 0 Å². The molecule has 8 aromatic rings. The second kappa shape index (κ2) is 36.0. The quantitative estimate of drug-likeness (QED) is 0.0984. The molecule has 0 aromatic heterocycles. The lowest BCUT2D eigenvalue weighted by molar-refractivity contribution is -0.143. The highest BCUT2D eigenvalue weighted by Gasteiger charge is 2.38. The number of halogens is 19. The van der Waals surface area contributed by atoms with Crippen molar-refractivity contribution in [3.05, 3.63) is 272 Å². The van der Waals surface area contributed by atoms with Gasteiger partial charge in [-0.3, -0.25) is 0 Å². The first-order valence-electron chi connectivity index (χ1n) is 28.1. The van der Waals surface area contributed by atoms with Crippen LogP contribution in [0.4, 0.5) is 89.1 Å². The molecule has 0 aliphatic heterocycles. The highest BCUT2D eigenvalue weighted by molar-refractivity contribution is 5.59. The fraction of sp³-hybridized carbons (Fsp3) is 0.306. The van der Waals surface area contributed by atoms with E-state index in [0.29, 0.717) is 50.7 Å². The molecule has 4 nitrogen and oxygen atoms in total.